The Kier molecular flexibility index (Phi) is 6.71. The van der Waals surface area contributed by atoms with Gasteiger partial charge in [0, 0.05) is 13.6 Å². The van der Waals surface area contributed by atoms with E-state index in [1.165, 1.54) is 17.3 Å². The van der Waals surface area contributed by atoms with E-state index in [2.05, 4.69) is 15.5 Å². The normalized spacial score (nSPS) is 11.8. The maximum atomic E-state index is 12.1. The van der Waals surface area contributed by atoms with Gasteiger partial charge < -0.3 is 14.6 Å². The summed E-state index contributed by atoms with van der Waals surface area (Å²) in [5.41, 5.74) is 2.28. The second-order valence-corrected chi connectivity index (χ2v) is 7.47. The molecule has 1 atom stereocenters. The number of nitrogens with zero attached hydrogens (tertiary/aromatic N) is 3. The minimum absolute atomic E-state index is 0.0382. The van der Waals surface area contributed by atoms with Gasteiger partial charge in [0.05, 0.1) is 5.75 Å². The van der Waals surface area contributed by atoms with E-state index in [0.717, 1.165) is 11.3 Å². The molecule has 1 aromatic heterocycles. The minimum atomic E-state index is -0.246. The molecule has 6 nitrogen and oxygen atoms in total. The molecule has 28 heavy (non-hydrogen) atoms. The number of amides is 1. The first-order valence-electron chi connectivity index (χ1n) is 9.09. The first-order chi connectivity index (χ1) is 13.5. The number of ether oxygens (including phenoxy) is 1. The largest absolute Gasteiger partial charge is 0.483 e. The van der Waals surface area contributed by atoms with Crippen LogP contribution in [0, 0.1) is 6.92 Å². The lowest BCUT2D eigenvalue weighted by Gasteiger charge is -2.14. The van der Waals surface area contributed by atoms with Crippen molar-refractivity contribution < 1.29 is 9.53 Å². The zero-order chi connectivity index (χ0) is 19.9. The molecule has 0 unspecified atom stereocenters. The number of carbonyl (C=O) groups is 1. The number of aromatic nitrogens is 3. The van der Waals surface area contributed by atoms with Crippen molar-refractivity contribution in [1.29, 1.82) is 0 Å². The first-order valence-corrected chi connectivity index (χ1v) is 10.1. The third-order valence-electron chi connectivity index (χ3n) is 4.23. The predicted molar refractivity (Wildman–Crippen MR) is 110 cm³/mol. The summed E-state index contributed by atoms with van der Waals surface area (Å²) in [5.74, 6) is 1.74. The number of hydrogen-bond acceptors (Lipinski definition) is 5. The van der Waals surface area contributed by atoms with Crippen molar-refractivity contribution in [2.24, 2.45) is 7.05 Å². The average Bonchev–Trinajstić information content (AvgIpc) is 3.07. The van der Waals surface area contributed by atoms with Gasteiger partial charge in [0.25, 0.3) is 0 Å². The van der Waals surface area contributed by atoms with E-state index in [0.29, 0.717) is 17.5 Å². The Labute approximate surface area is 169 Å². The van der Waals surface area contributed by atoms with Gasteiger partial charge in [0.2, 0.25) is 5.91 Å². The van der Waals surface area contributed by atoms with Crippen LogP contribution in [-0.2, 0) is 18.4 Å². The Hall–Kier alpha value is -2.80. The molecule has 0 bridgehead atoms. The van der Waals surface area contributed by atoms with Gasteiger partial charge in [-0.15, -0.1) is 10.2 Å². The van der Waals surface area contributed by atoms with Crippen LogP contribution in [0.2, 0.25) is 0 Å². The monoisotopic (exact) mass is 396 g/mol. The van der Waals surface area contributed by atoms with Crippen LogP contribution in [0.1, 0.15) is 30.0 Å². The Balaban J connectivity index is 1.50. The quantitative estimate of drug-likeness (QED) is 0.589. The van der Waals surface area contributed by atoms with E-state index in [1.54, 1.807) is 0 Å². The van der Waals surface area contributed by atoms with E-state index < -0.39 is 0 Å². The molecule has 0 fully saturated rings. The van der Waals surface area contributed by atoms with Crippen LogP contribution in [0.25, 0.3) is 0 Å². The molecule has 7 heteroatoms. The number of aryl methyl sites for hydroxylation is 1. The molecular weight excluding hydrogens is 372 g/mol. The zero-order valence-electron chi connectivity index (χ0n) is 16.3. The fraction of sp³-hybridized carbons (Fsp3) is 0.286. The Morgan fingerprint density at radius 1 is 1.14 bits per heavy atom. The number of nitrogens with one attached hydrogen (secondary N) is 1. The fourth-order valence-electron chi connectivity index (χ4n) is 2.65. The summed E-state index contributed by atoms with van der Waals surface area (Å²) in [5, 5.41) is 12.0. The number of rotatable bonds is 8. The summed E-state index contributed by atoms with van der Waals surface area (Å²) >= 11 is 1.36. The average molecular weight is 397 g/mol. The highest BCUT2D eigenvalue weighted by Crippen LogP contribution is 2.23. The Morgan fingerprint density at radius 2 is 1.86 bits per heavy atom. The molecule has 0 saturated heterocycles. The maximum absolute atomic E-state index is 12.1. The Morgan fingerprint density at radius 3 is 2.57 bits per heavy atom. The highest BCUT2D eigenvalue weighted by atomic mass is 32.2. The lowest BCUT2D eigenvalue weighted by Crippen LogP contribution is -2.24. The lowest BCUT2D eigenvalue weighted by atomic mass is 10.1. The van der Waals surface area contributed by atoms with Crippen LogP contribution in [-0.4, -0.2) is 26.4 Å². The van der Waals surface area contributed by atoms with Gasteiger partial charge in [0.1, 0.15) is 5.75 Å². The van der Waals surface area contributed by atoms with E-state index >= 15 is 0 Å². The third-order valence-corrected chi connectivity index (χ3v) is 5.25. The molecule has 0 saturated carbocycles. The molecule has 1 amide bonds. The summed E-state index contributed by atoms with van der Waals surface area (Å²) in [6.07, 6.45) is -0.246. The van der Waals surface area contributed by atoms with Crippen molar-refractivity contribution in [3.8, 4) is 5.75 Å². The first kappa shape index (κ1) is 19.9. The molecule has 3 rings (SSSR count). The van der Waals surface area contributed by atoms with Gasteiger partial charge in [-0.3, -0.25) is 4.79 Å². The summed E-state index contributed by atoms with van der Waals surface area (Å²) in [6, 6.07) is 17.7. The number of para-hydroxylation sites is 1. The van der Waals surface area contributed by atoms with Crippen LogP contribution in [0.3, 0.4) is 0 Å². The summed E-state index contributed by atoms with van der Waals surface area (Å²) in [4.78, 5) is 12.1. The van der Waals surface area contributed by atoms with Crippen LogP contribution >= 0.6 is 11.8 Å². The van der Waals surface area contributed by atoms with Crippen molar-refractivity contribution in [3.63, 3.8) is 0 Å². The predicted octanol–water partition coefficient (Wildman–Crippen LogP) is 3.67. The smallest absolute Gasteiger partial charge is 0.230 e. The second-order valence-electron chi connectivity index (χ2n) is 6.52. The van der Waals surface area contributed by atoms with Gasteiger partial charge in [-0.05, 0) is 31.5 Å². The van der Waals surface area contributed by atoms with E-state index in [-0.39, 0.29) is 17.8 Å². The standard InChI is InChI=1S/C21H24N4O2S/c1-15-9-11-17(12-10-15)13-22-19(26)14-28-21-24-23-20(25(21)3)16(2)27-18-7-5-4-6-8-18/h4-12,16H,13-14H2,1-3H3,(H,22,26)/t16-/m0/s1. The van der Waals surface area contributed by atoms with Gasteiger partial charge in [-0.1, -0.05) is 59.8 Å². The number of thioether (sulfide) groups is 1. The van der Waals surface area contributed by atoms with E-state index in [1.807, 2.05) is 80.1 Å². The molecular formula is C21H24N4O2S. The molecule has 1 heterocycles. The topological polar surface area (TPSA) is 69.0 Å². The SMILES string of the molecule is Cc1ccc(CNC(=O)CSc2nnc([C@H](C)Oc3ccccc3)n2C)cc1. The van der Waals surface area contributed by atoms with Gasteiger partial charge in [-0.2, -0.15) is 0 Å². The summed E-state index contributed by atoms with van der Waals surface area (Å²) in [6.45, 7) is 4.49. The third kappa shape index (κ3) is 5.36. The number of benzene rings is 2. The molecule has 0 spiro atoms. The van der Waals surface area contributed by atoms with Crippen molar-refractivity contribution in [3.05, 3.63) is 71.5 Å². The van der Waals surface area contributed by atoms with Gasteiger partial charge >= 0.3 is 0 Å². The maximum Gasteiger partial charge on any atom is 0.230 e. The summed E-state index contributed by atoms with van der Waals surface area (Å²) < 4.78 is 7.77. The van der Waals surface area contributed by atoms with E-state index in [9.17, 15) is 4.79 Å². The zero-order valence-corrected chi connectivity index (χ0v) is 17.1. The summed E-state index contributed by atoms with van der Waals surface area (Å²) in [7, 11) is 1.88. The van der Waals surface area contributed by atoms with Crippen LogP contribution < -0.4 is 10.1 Å². The lowest BCUT2D eigenvalue weighted by molar-refractivity contribution is -0.118. The molecule has 1 N–H and O–H groups in total. The number of carbonyl (C=O) groups excluding carboxylic acids is 1. The second kappa shape index (κ2) is 9.41. The molecule has 0 aliphatic carbocycles. The Bertz CT molecular complexity index is 910. The minimum Gasteiger partial charge on any atom is -0.483 e. The van der Waals surface area contributed by atoms with Crippen LogP contribution in [0.5, 0.6) is 5.75 Å². The molecule has 146 valence electrons. The highest BCUT2D eigenvalue weighted by molar-refractivity contribution is 7.99. The van der Waals surface area contributed by atoms with E-state index in [4.69, 9.17) is 4.74 Å². The van der Waals surface area contributed by atoms with Crippen molar-refractivity contribution in [1.82, 2.24) is 20.1 Å². The van der Waals surface area contributed by atoms with Gasteiger partial charge in [-0.25, -0.2) is 0 Å². The highest BCUT2D eigenvalue weighted by Gasteiger charge is 2.18. The van der Waals surface area contributed by atoms with Crippen LogP contribution in [0.15, 0.2) is 59.8 Å². The van der Waals surface area contributed by atoms with Crippen molar-refractivity contribution in [2.45, 2.75) is 31.7 Å². The van der Waals surface area contributed by atoms with Gasteiger partial charge in [0.15, 0.2) is 17.1 Å². The number of hydrogen-bond donors (Lipinski definition) is 1. The molecule has 0 aliphatic rings. The fourth-order valence-corrected chi connectivity index (χ4v) is 3.40. The molecule has 0 aliphatic heterocycles. The van der Waals surface area contributed by atoms with Crippen molar-refractivity contribution in [2.75, 3.05) is 5.75 Å². The van der Waals surface area contributed by atoms with Crippen molar-refractivity contribution >= 4 is 17.7 Å². The van der Waals surface area contributed by atoms with Crippen LogP contribution in [0.4, 0.5) is 0 Å². The molecule has 2 aromatic carbocycles. The molecule has 0 radical (unpaired) electrons. The molecule has 3 aromatic rings.